The molecule has 0 aliphatic carbocycles. The molecule has 0 unspecified atom stereocenters. The molecule has 0 fully saturated rings. The number of aromatic amines is 1. The number of carbonyl (C=O) groups is 1. The van der Waals surface area contributed by atoms with Crippen molar-refractivity contribution < 1.29 is 4.79 Å². The Bertz CT molecular complexity index is 376. The summed E-state index contributed by atoms with van der Waals surface area (Å²) in [5.41, 5.74) is 0.843. The molecule has 5 heteroatoms. The van der Waals surface area contributed by atoms with Gasteiger partial charge in [0.2, 0.25) is 0 Å². The fourth-order valence-electron chi connectivity index (χ4n) is 2.28. The molecular formula is C13H24N4O. The normalized spacial score (nSPS) is 12.3. The molecule has 0 radical (unpaired) electrons. The van der Waals surface area contributed by atoms with Gasteiger partial charge in [-0.1, -0.05) is 20.8 Å². The standard InChI is InChI=1S/C13H24N4O/c1-12(2,3)9-13(4,5)16-11(18)14-8-10-6-7-15-17-10/h6-7H,8-9H2,1-5H3,(H,15,17)(H2,14,16,18). The SMILES string of the molecule is CC(C)(C)CC(C)(C)NC(=O)NCc1ccn[nH]1. The van der Waals surface area contributed by atoms with Crippen molar-refractivity contribution in [3.63, 3.8) is 0 Å². The highest BCUT2D eigenvalue weighted by Crippen LogP contribution is 2.26. The summed E-state index contributed by atoms with van der Waals surface area (Å²) in [6, 6.07) is 1.68. The lowest BCUT2D eigenvalue weighted by atomic mass is 9.82. The van der Waals surface area contributed by atoms with Gasteiger partial charge in [0, 0.05) is 11.7 Å². The molecule has 2 amide bonds. The van der Waals surface area contributed by atoms with Crippen molar-refractivity contribution in [1.29, 1.82) is 0 Å². The van der Waals surface area contributed by atoms with E-state index in [9.17, 15) is 4.79 Å². The maximum absolute atomic E-state index is 11.8. The summed E-state index contributed by atoms with van der Waals surface area (Å²) in [6.45, 7) is 11.0. The minimum Gasteiger partial charge on any atom is -0.333 e. The van der Waals surface area contributed by atoms with Gasteiger partial charge < -0.3 is 10.6 Å². The van der Waals surface area contributed by atoms with Crippen LogP contribution in [0.2, 0.25) is 0 Å². The zero-order valence-electron chi connectivity index (χ0n) is 11.9. The molecule has 0 aliphatic rings. The van der Waals surface area contributed by atoms with Gasteiger partial charge in [0.1, 0.15) is 0 Å². The van der Waals surface area contributed by atoms with Crippen molar-refractivity contribution in [2.24, 2.45) is 5.41 Å². The number of hydrogen-bond acceptors (Lipinski definition) is 2. The summed E-state index contributed by atoms with van der Waals surface area (Å²) in [7, 11) is 0. The van der Waals surface area contributed by atoms with Crippen molar-refractivity contribution in [2.75, 3.05) is 0 Å². The first-order valence-electron chi connectivity index (χ1n) is 6.22. The first-order chi connectivity index (χ1) is 8.18. The molecule has 0 bridgehead atoms. The molecule has 1 aromatic rings. The number of aromatic nitrogens is 2. The van der Waals surface area contributed by atoms with Gasteiger partial charge >= 0.3 is 6.03 Å². The van der Waals surface area contributed by atoms with Crippen molar-refractivity contribution in [3.8, 4) is 0 Å². The zero-order chi connectivity index (χ0) is 13.8. The van der Waals surface area contributed by atoms with Crippen LogP contribution in [-0.2, 0) is 6.54 Å². The van der Waals surface area contributed by atoms with Gasteiger partial charge in [0.15, 0.2) is 0 Å². The first kappa shape index (κ1) is 14.5. The molecule has 0 aromatic carbocycles. The second-order valence-electron chi connectivity index (χ2n) is 6.51. The van der Waals surface area contributed by atoms with Crippen LogP contribution >= 0.6 is 0 Å². The molecular weight excluding hydrogens is 228 g/mol. The van der Waals surface area contributed by atoms with Crippen molar-refractivity contribution in [3.05, 3.63) is 18.0 Å². The predicted octanol–water partition coefficient (Wildman–Crippen LogP) is 2.42. The lowest BCUT2D eigenvalue weighted by Gasteiger charge is -2.33. The van der Waals surface area contributed by atoms with E-state index in [1.807, 2.05) is 19.9 Å². The number of hydrogen-bond donors (Lipinski definition) is 3. The van der Waals surface area contributed by atoms with Crippen molar-refractivity contribution in [2.45, 2.75) is 53.1 Å². The van der Waals surface area contributed by atoms with Gasteiger partial charge in [-0.3, -0.25) is 5.10 Å². The summed E-state index contributed by atoms with van der Waals surface area (Å²) in [5.74, 6) is 0. The number of amides is 2. The fourth-order valence-corrected chi connectivity index (χ4v) is 2.28. The van der Waals surface area contributed by atoms with E-state index in [4.69, 9.17) is 0 Å². The first-order valence-corrected chi connectivity index (χ1v) is 6.22. The van der Waals surface area contributed by atoms with Crippen LogP contribution in [0.5, 0.6) is 0 Å². The third-order valence-corrected chi connectivity index (χ3v) is 2.42. The minimum absolute atomic E-state index is 0.154. The van der Waals surface area contributed by atoms with Gasteiger partial charge in [-0.25, -0.2) is 4.79 Å². The Hall–Kier alpha value is -1.52. The van der Waals surface area contributed by atoms with Crippen LogP contribution in [0.1, 0.15) is 46.7 Å². The van der Waals surface area contributed by atoms with Gasteiger partial charge in [-0.15, -0.1) is 0 Å². The predicted molar refractivity (Wildman–Crippen MR) is 72.1 cm³/mol. The highest BCUT2D eigenvalue weighted by Gasteiger charge is 2.26. The molecule has 3 N–H and O–H groups in total. The average Bonchev–Trinajstić information content (AvgIpc) is 2.61. The van der Waals surface area contributed by atoms with Crippen LogP contribution in [-0.4, -0.2) is 21.8 Å². The Balaban J connectivity index is 2.39. The Labute approximate surface area is 109 Å². The lowest BCUT2D eigenvalue weighted by Crippen LogP contribution is -2.49. The molecule has 18 heavy (non-hydrogen) atoms. The van der Waals surface area contributed by atoms with Crippen molar-refractivity contribution in [1.82, 2.24) is 20.8 Å². The van der Waals surface area contributed by atoms with Crippen LogP contribution in [0.25, 0.3) is 0 Å². The summed E-state index contributed by atoms with van der Waals surface area (Å²) < 4.78 is 0. The minimum atomic E-state index is -0.226. The zero-order valence-corrected chi connectivity index (χ0v) is 11.9. The Morgan fingerprint density at radius 2 is 2.00 bits per heavy atom. The Kier molecular flexibility index (Phi) is 4.38. The van der Waals surface area contributed by atoms with Gasteiger partial charge in [-0.2, -0.15) is 5.10 Å². The molecule has 0 spiro atoms. The second-order valence-corrected chi connectivity index (χ2v) is 6.51. The van der Waals surface area contributed by atoms with E-state index >= 15 is 0 Å². The number of H-pyrrole nitrogens is 1. The molecule has 0 atom stereocenters. The van der Waals surface area contributed by atoms with Gasteiger partial charge in [0.05, 0.1) is 12.2 Å². The van der Waals surface area contributed by atoms with E-state index in [-0.39, 0.29) is 17.0 Å². The summed E-state index contributed by atoms with van der Waals surface area (Å²) >= 11 is 0. The number of nitrogens with zero attached hydrogens (tertiary/aromatic N) is 1. The third-order valence-electron chi connectivity index (χ3n) is 2.42. The quantitative estimate of drug-likeness (QED) is 0.770. The van der Waals surface area contributed by atoms with E-state index in [0.29, 0.717) is 6.54 Å². The number of nitrogens with one attached hydrogen (secondary N) is 3. The van der Waals surface area contributed by atoms with Crippen LogP contribution < -0.4 is 10.6 Å². The van der Waals surface area contributed by atoms with Crippen LogP contribution in [0.3, 0.4) is 0 Å². The fraction of sp³-hybridized carbons (Fsp3) is 0.692. The third kappa shape index (κ3) is 5.70. The number of carbonyl (C=O) groups excluding carboxylic acids is 1. The molecule has 1 rings (SSSR count). The van der Waals surface area contributed by atoms with E-state index in [2.05, 4.69) is 41.6 Å². The van der Waals surface area contributed by atoms with Gasteiger partial charge in [-0.05, 0) is 31.7 Å². The van der Waals surface area contributed by atoms with Gasteiger partial charge in [0.25, 0.3) is 0 Å². The van der Waals surface area contributed by atoms with Crippen LogP contribution in [0.15, 0.2) is 12.3 Å². The van der Waals surface area contributed by atoms with Crippen LogP contribution in [0.4, 0.5) is 4.79 Å². The largest absolute Gasteiger partial charge is 0.333 e. The maximum Gasteiger partial charge on any atom is 0.315 e. The van der Waals surface area contributed by atoms with Crippen LogP contribution in [0, 0.1) is 5.41 Å². The average molecular weight is 252 g/mol. The monoisotopic (exact) mass is 252 g/mol. The van der Waals surface area contributed by atoms with E-state index in [1.54, 1.807) is 6.20 Å². The maximum atomic E-state index is 11.8. The molecule has 0 aliphatic heterocycles. The lowest BCUT2D eigenvalue weighted by molar-refractivity contribution is 0.210. The number of rotatable bonds is 4. The molecule has 1 aromatic heterocycles. The summed E-state index contributed by atoms with van der Waals surface area (Å²) in [6.07, 6.45) is 2.58. The van der Waals surface area contributed by atoms with E-state index in [1.165, 1.54) is 0 Å². The Morgan fingerprint density at radius 1 is 1.33 bits per heavy atom. The molecule has 1 heterocycles. The Morgan fingerprint density at radius 3 is 2.50 bits per heavy atom. The second kappa shape index (κ2) is 5.42. The molecule has 0 saturated carbocycles. The topological polar surface area (TPSA) is 69.8 Å². The number of urea groups is 1. The van der Waals surface area contributed by atoms with Crippen molar-refractivity contribution >= 4 is 6.03 Å². The summed E-state index contributed by atoms with van der Waals surface area (Å²) in [5, 5.41) is 12.4. The smallest absolute Gasteiger partial charge is 0.315 e. The summed E-state index contributed by atoms with van der Waals surface area (Å²) in [4.78, 5) is 11.8. The van der Waals surface area contributed by atoms with E-state index in [0.717, 1.165) is 12.1 Å². The molecule has 0 saturated heterocycles. The molecule has 5 nitrogen and oxygen atoms in total. The molecule has 102 valence electrons. The highest BCUT2D eigenvalue weighted by atomic mass is 16.2. The highest BCUT2D eigenvalue weighted by molar-refractivity contribution is 5.74. The van der Waals surface area contributed by atoms with E-state index < -0.39 is 0 Å².